The third-order valence-corrected chi connectivity index (χ3v) is 2.16. The second-order valence-corrected chi connectivity index (χ2v) is 3.86. The second kappa shape index (κ2) is 6.90. The summed E-state index contributed by atoms with van der Waals surface area (Å²) >= 11 is 0. The van der Waals surface area contributed by atoms with Gasteiger partial charge in [0.05, 0.1) is 12.2 Å². The van der Waals surface area contributed by atoms with E-state index in [9.17, 15) is 4.79 Å². The number of carbonyl (C=O) groups is 1. The first-order valence-corrected chi connectivity index (χ1v) is 5.47. The molecule has 1 aromatic rings. The van der Waals surface area contributed by atoms with Gasteiger partial charge < -0.3 is 11.1 Å². The molecule has 0 bridgehead atoms. The molecule has 1 atom stereocenters. The maximum absolute atomic E-state index is 11.4. The molecule has 1 aromatic heterocycles. The molecular formula is C11H18N4O. The summed E-state index contributed by atoms with van der Waals surface area (Å²) in [7, 11) is 0. The standard InChI is InChI=1S/C11H18N4O/c1-9(12)4-2-6-11(16)13-8-10-5-3-7-14-15-10/h3,5,7,9H,2,4,6,8,12H2,1H3,(H,13,16). The lowest BCUT2D eigenvalue weighted by atomic mass is 10.1. The lowest BCUT2D eigenvalue weighted by molar-refractivity contribution is -0.121. The Labute approximate surface area is 95.4 Å². The van der Waals surface area contributed by atoms with Crippen LogP contribution in [0.15, 0.2) is 18.3 Å². The number of rotatable bonds is 6. The number of nitrogens with zero attached hydrogens (tertiary/aromatic N) is 2. The van der Waals surface area contributed by atoms with E-state index in [1.54, 1.807) is 12.3 Å². The largest absolute Gasteiger partial charge is 0.350 e. The van der Waals surface area contributed by atoms with Crippen LogP contribution in [0, 0.1) is 0 Å². The molecule has 3 N–H and O–H groups in total. The number of aromatic nitrogens is 2. The van der Waals surface area contributed by atoms with Crippen LogP contribution in [0.2, 0.25) is 0 Å². The zero-order valence-corrected chi connectivity index (χ0v) is 9.52. The molecule has 1 amide bonds. The number of hydrogen-bond donors (Lipinski definition) is 2. The maximum atomic E-state index is 11.4. The van der Waals surface area contributed by atoms with E-state index in [0.717, 1.165) is 18.5 Å². The van der Waals surface area contributed by atoms with Crippen molar-refractivity contribution in [2.24, 2.45) is 5.73 Å². The summed E-state index contributed by atoms with van der Waals surface area (Å²) in [4.78, 5) is 11.4. The fourth-order valence-corrected chi connectivity index (χ4v) is 1.29. The Morgan fingerprint density at radius 2 is 2.44 bits per heavy atom. The topological polar surface area (TPSA) is 80.9 Å². The van der Waals surface area contributed by atoms with Crippen molar-refractivity contribution in [3.63, 3.8) is 0 Å². The molecule has 0 aliphatic heterocycles. The number of carbonyl (C=O) groups excluding carboxylic acids is 1. The number of nitrogens with two attached hydrogens (primary N) is 1. The van der Waals surface area contributed by atoms with Crippen molar-refractivity contribution < 1.29 is 4.79 Å². The fraction of sp³-hybridized carbons (Fsp3) is 0.545. The van der Waals surface area contributed by atoms with Crippen molar-refractivity contribution in [1.29, 1.82) is 0 Å². The Morgan fingerprint density at radius 3 is 3.06 bits per heavy atom. The van der Waals surface area contributed by atoms with Gasteiger partial charge in [0.15, 0.2) is 0 Å². The maximum Gasteiger partial charge on any atom is 0.220 e. The van der Waals surface area contributed by atoms with Gasteiger partial charge in [0.1, 0.15) is 0 Å². The summed E-state index contributed by atoms with van der Waals surface area (Å²) < 4.78 is 0. The van der Waals surface area contributed by atoms with E-state index in [1.165, 1.54) is 0 Å². The molecule has 0 aliphatic rings. The van der Waals surface area contributed by atoms with Gasteiger partial charge in [0.2, 0.25) is 5.91 Å². The van der Waals surface area contributed by atoms with Crippen molar-refractivity contribution in [2.45, 2.75) is 38.8 Å². The fourth-order valence-electron chi connectivity index (χ4n) is 1.29. The lowest BCUT2D eigenvalue weighted by Gasteiger charge is -2.05. The predicted molar refractivity (Wildman–Crippen MR) is 61.4 cm³/mol. The SMILES string of the molecule is CC(N)CCCC(=O)NCc1cccnn1. The molecule has 1 unspecified atom stereocenters. The van der Waals surface area contributed by atoms with E-state index in [4.69, 9.17) is 5.73 Å². The van der Waals surface area contributed by atoms with E-state index in [0.29, 0.717) is 13.0 Å². The molecule has 0 aromatic carbocycles. The minimum Gasteiger partial charge on any atom is -0.350 e. The van der Waals surface area contributed by atoms with Gasteiger partial charge in [-0.25, -0.2) is 0 Å². The van der Waals surface area contributed by atoms with Gasteiger partial charge in [-0.15, -0.1) is 0 Å². The first kappa shape index (κ1) is 12.6. The van der Waals surface area contributed by atoms with Gasteiger partial charge in [0.25, 0.3) is 0 Å². The van der Waals surface area contributed by atoms with Gasteiger partial charge in [-0.1, -0.05) is 0 Å². The average molecular weight is 222 g/mol. The zero-order valence-electron chi connectivity index (χ0n) is 9.52. The van der Waals surface area contributed by atoms with Gasteiger partial charge in [-0.3, -0.25) is 4.79 Å². The van der Waals surface area contributed by atoms with Crippen LogP contribution in [0.5, 0.6) is 0 Å². The van der Waals surface area contributed by atoms with Crippen LogP contribution in [0.4, 0.5) is 0 Å². The van der Waals surface area contributed by atoms with Crippen LogP contribution >= 0.6 is 0 Å². The summed E-state index contributed by atoms with van der Waals surface area (Å²) in [5.41, 5.74) is 6.36. The number of nitrogens with one attached hydrogen (secondary N) is 1. The Hall–Kier alpha value is -1.49. The van der Waals surface area contributed by atoms with Crippen LogP contribution in [0.25, 0.3) is 0 Å². The van der Waals surface area contributed by atoms with Crippen LogP contribution in [-0.2, 0) is 11.3 Å². The average Bonchev–Trinajstić information content (AvgIpc) is 2.27. The summed E-state index contributed by atoms with van der Waals surface area (Å²) in [6.07, 6.45) is 3.82. The van der Waals surface area contributed by atoms with Crippen molar-refractivity contribution >= 4 is 5.91 Å². The van der Waals surface area contributed by atoms with Crippen molar-refractivity contribution in [3.8, 4) is 0 Å². The Morgan fingerprint density at radius 1 is 1.62 bits per heavy atom. The van der Waals surface area contributed by atoms with Crippen molar-refractivity contribution in [3.05, 3.63) is 24.0 Å². The minimum absolute atomic E-state index is 0.0336. The molecule has 0 saturated carbocycles. The molecule has 0 saturated heterocycles. The molecule has 1 rings (SSSR count). The number of hydrogen-bond acceptors (Lipinski definition) is 4. The quantitative estimate of drug-likeness (QED) is 0.739. The van der Waals surface area contributed by atoms with E-state index in [-0.39, 0.29) is 11.9 Å². The Bertz CT molecular complexity index is 313. The van der Waals surface area contributed by atoms with Gasteiger partial charge in [-0.2, -0.15) is 10.2 Å². The molecule has 88 valence electrons. The summed E-state index contributed by atoms with van der Waals surface area (Å²) in [6.45, 7) is 2.38. The summed E-state index contributed by atoms with van der Waals surface area (Å²) in [5.74, 6) is 0.0336. The van der Waals surface area contributed by atoms with E-state index in [2.05, 4.69) is 15.5 Å². The molecule has 0 fully saturated rings. The highest BCUT2D eigenvalue weighted by Gasteiger charge is 2.02. The third-order valence-electron chi connectivity index (χ3n) is 2.16. The molecule has 0 spiro atoms. The molecule has 16 heavy (non-hydrogen) atoms. The molecule has 5 heteroatoms. The monoisotopic (exact) mass is 222 g/mol. The van der Waals surface area contributed by atoms with E-state index < -0.39 is 0 Å². The normalized spacial score (nSPS) is 12.1. The van der Waals surface area contributed by atoms with Crippen LogP contribution < -0.4 is 11.1 Å². The summed E-state index contributed by atoms with van der Waals surface area (Å²) in [6, 6.07) is 3.78. The number of amides is 1. The first-order valence-electron chi connectivity index (χ1n) is 5.47. The Balaban J connectivity index is 2.16. The minimum atomic E-state index is 0.0336. The molecule has 5 nitrogen and oxygen atoms in total. The van der Waals surface area contributed by atoms with E-state index in [1.807, 2.05) is 13.0 Å². The molecule has 1 heterocycles. The Kier molecular flexibility index (Phi) is 5.42. The molecule has 0 aliphatic carbocycles. The lowest BCUT2D eigenvalue weighted by Crippen LogP contribution is -2.24. The van der Waals surface area contributed by atoms with Crippen molar-refractivity contribution in [2.75, 3.05) is 0 Å². The van der Waals surface area contributed by atoms with Gasteiger partial charge in [0, 0.05) is 18.7 Å². The molecular weight excluding hydrogens is 204 g/mol. The van der Waals surface area contributed by atoms with E-state index >= 15 is 0 Å². The van der Waals surface area contributed by atoms with Crippen LogP contribution in [-0.4, -0.2) is 22.1 Å². The third kappa shape index (κ3) is 5.41. The van der Waals surface area contributed by atoms with Gasteiger partial charge >= 0.3 is 0 Å². The molecule has 0 radical (unpaired) electrons. The highest BCUT2D eigenvalue weighted by Crippen LogP contribution is 1.98. The van der Waals surface area contributed by atoms with Crippen LogP contribution in [0.1, 0.15) is 31.9 Å². The van der Waals surface area contributed by atoms with Gasteiger partial charge in [-0.05, 0) is 31.9 Å². The van der Waals surface area contributed by atoms with Crippen molar-refractivity contribution in [1.82, 2.24) is 15.5 Å². The smallest absolute Gasteiger partial charge is 0.220 e. The first-order chi connectivity index (χ1) is 7.68. The highest BCUT2D eigenvalue weighted by atomic mass is 16.1. The second-order valence-electron chi connectivity index (χ2n) is 3.86. The zero-order chi connectivity index (χ0) is 11.8. The summed E-state index contributed by atoms with van der Waals surface area (Å²) in [5, 5.41) is 10.4. The predicted octanol–water partition coefficient (Wildman–Crippen LogP) is 0.610. The highest BCUT2D eigenvalue weighted by molar-refractivity contribution is 5.75. The van der Waals surface area contributed by atoms with Crippen LogP contribution in [0.3, 0.4) is 0 Å².